The van der Waals surface area contributed by atoms with Crippen LogP contribution in [0.4, 0.5) is 17.2 Å². The van der Waals surface area contributed by atoms with Crippen molar-refractivity contribution in [1.29, 1.82) is 0 Å². The Bertz CT molecular complexity index is 1310. The lowest BCUT2D eigenvalue weighted by atomic mass is 10.1. The molecule has 0 fully saturated rings. The van der Waals surface area contributed by atoms with E-state index in [9.17, 15) is 29.8 Å². The number of hydrogen-bond acceptors (Lipinski definition) is 15. The lowest BCUT2D eigenvalue weighted by Crippen LogP contribution is -3.00. The molecule has 0 aromatic carbocycles. The van der Waals surface area contributed by atoms with Crippen molar-refractivity contribution in [2.24, 2.45) is 0 Å². The van der Waals surface area contributed by atoms with Crippen LogP contribution in [-0.4, -0.2) is 70.4 Å². The van der Waals surface area contributed by atoms with Crippen molar-refractivity contribution in [2.45, 2.75) is 51.6 Å². The number of quaternary nitrogens is 1. The second-order valence-corrected chi connectivity index (χ2v) is 8.78. The van der Waals surface area contributed by atoms with E-state index in [1.54, 1.807) is 0 Å². The Kier molecular flexibility index (Phi) is 41.1. The average Bonchev–Trinajstić information content (AvgIpc) is 2.97. The quantitative estimate of drug-likeness (QED) is 0.142. The molecule has 0 spiro atoms. The largest absolute Gasteiger partial charge is 1.00 e. The van der Waals surface area contributed by atoms with Crippen molar-refractivity contribution in [3.05, 3.63) is 60.0 Å². The van der Waals surface area contributed by atoms with Crippen molar-refractivity contribution < 1.29 is 66.2 Å². The zero-order valence-electron chi connectivity index (χ0n) is 25.7. The fraction of sp³-hybridized carbons (Fsp3) is 0.417. The molecule has 272 valence electrons. The van der Waals surface area contributed by atoms with E-state index in [-0.39, 0.29) is 96.4 Å². The molecule has 24 heteroatoms. The highest BCUT2D eigenvalue weighted by molar-refractivity contribution is 7.59. The van der Waals surface area contributed by atoms with Crippen LogP contribution in [0.3, 0.4) is 0 Å². The monoisotopic (exact) mass is 802 g/mol. The summed E-state index contributed by atoms with van der Waals surface area (Å²) in [6, 6.07) is 4.19. The van der Waals surface area contributed by atoms with Crippen molar-refractivity contribution >= 4 is 103 Å². The van der Waals surface area contributed by atoms with Gasteiger partial charge in [0.05, 0.1) is 24.1 Å². The van der Waals surface area contributed by atoms with Gasteiger partial charge in [0.15, 0.2) is 6.04 Å². The zero-order chi connectivity index (χ0) is 35.5. The molecule has 0 bridgehead atoms. The Morgan fingerprint density at radius 1 is 0.833 bits per heavy atom. The van der Waals surface area contributed by atoms with Crippen LogP contribution < -0.4 is 23.5 Å². The normalized spacial score (nSPS) is 9.58. The van der Waals surface area contributed by atoms with Crippen LogP contribution >= 0.6 is 61.8 Å². The molecule has 0 saturated carbocycles. The fourth-order valence-electron chi connectivity index (χ4n) is 2.70. The minimum Gasteiger partial charge on any atom is -1.00 e. The molecule has 2 aromatic rings. The van der Waals surface area contributed by atoms with Gasteiger partial charge in [0.1, 0.15) is 16.3 Å². The molecule has 18 nitrogen and oxygen atoms in total. The highest BCUT2D eigenvalue weighted by atomic mass is 35.5. The standard InChI is InChI=1S/C11H14ClN3O4.C6H13NO2.C5H2Cl2N2O2.2CO2.ClH.2H2S/c1-3-4-7(11(16)19-2)13-10-8(15(17)18)5-6-9(12)14-10;1-3-4-5(7)6(8)9-2;6-4-2-1-3(9(10)11)5(7)8-4;2*2-1-3;;;/h5-7H,3-4H2,1-2H3,(H,13,14);5H,3-4,7H2,1-2H3;1-2H;;;1H;2*1H2/t7-;5-;;;;;;/m00....../s1. The van der Waals surface area contributed by atoms with E-state index in [1.165, 1.54) is 38.5 Å². The van der Waals surface area contributed by atoms with Crippen molar-refractivity contribution in [3.63, 3.8) is 0 Å². The Morgan fingerprint density at radius 3 is 1.58 bits per heavy atom. The number of aromatic nitrogens is 2. The van der Waals surface area contributed by atoms with Gasteiger partial charge < -0.3 is 32.9 Å². The number of esters is 2. The molecule has 4 N–H and O–H groups in total. The van der Waals surface area contributed by atoms with Crippen LogP contribution in [0.5, 0.6) is 0 Å². The number of hydrogen-bond donors (Lipinski definition) is 2. The predicted octanol–water partition coefficient (Wildman–Crippen LogP) is 0.326. The third-order valence-corrected chi connectivity index (χ3v) is 5.27. The number of rotatable bonds is 10. The van der Waals surface area contributed by atoms with Crippen LogP contribution in [0.1, 0.15) is 39.5 Å². The van der Waals surface area contributed by atoms with Gasteiger partial charge in [-0.15, -0.1) is 0 Å². The first-order valence-corrected chi connectivity index (χ1v) is 13.3. The second-order valence-electron chi connectivity index (χ2n) is 7.64. The molecule has 0 unspecified atom stereocenters. The summed E-state index contributed by atoms with van der Waals surface area (Å²) in [6.07, 6.45) is 3.47. The van der Waals surface area contributed by atoms with E-state index in [2.05, 4.69) is 30.5 Å². The summed E-state index contributed by atoms with van der Waals surface area (Å²) in [7, 11) is 2.64. The number of carbonyl (C=O) groups excluding carboxylic acids is 6. The number of nitrogens with zero attached hydrogens (tertiary/aromatic N) is 4. The smallest absolute Gasteiger partial charge is 0.373 e. The van der Waals surface area contributed by atoms with Gasteiger partial charge in [-0.05, 0) is 25.0 Å². The molecule has 0 saturated heterocycles. The van der Waals surface area contributed by atoms with E-state index < -0.39 is 21.9 Å². The number of halogens is 4. The summed E-state index contributed by atoms with van der Waals surface area (Å²) < 4.78 is 9.10. The van der Waals surface area contributed by atoms with Crippen molar-refractivity contribution in [3.8, 4) is 0 Å². The first-order chi connectivity index (χ1) is 21.1. The maximum Gasteiger partial charge on any atom is 0.373 e. The summed E-state index contributed by atoms with van der Waals surface area (Å²) in [5, 5.41) is 23.8. The van der Waals surface area contributed by atoms with Gasteiger partial charge in [0.25, 0.3) is 0 Å². The number of methoxy groups -OCH3 is 2. The van der Waals surface area contributed by atoms with E-state index in [0.29, 0.717) is 12.8 Å². The summed E-state index contributed by atoms with van der Waals surface area (Å²) in [4.78, 5) is 81.8. The number of pyridine rings is 2. The summed E-state index contributed by atoms with van der Waals surface area (Å²) in [5.74, 6) is -0.754. The predicted molar refractivity (Wildman–Crippen MR) is 176 cm³/mol. The first kappa shape index (κ1) is 56.7. The van der Waals surface area contributed by atoms with Crippen molar-refractivity contribution in [2.75, 3.05) is 19.5 Å². The first-order valence-electron chi connectivity index (χ1n) is 12.2. The third kappa shape index (κ3) is 26.5. The topological polar surface area (TPSA) is 273 Å². The van der Waals surface area contributed by atoms with Crippen LogP contribution in [0.15, 0.2) is 24.3 Å². The Balaban J connectivity index is -0.000000131. The minimum absolute atomic E-state index is 0. The highest BCUT2D eigenvalue weighted by Crippen LogP contribution is 2.25. The van der Waals surface area contributed by atoms with Crippen LogP contribution in [0.25, 0.3) is 0 Å². The van der Waals surface area contributed by atoms with Gasteiger partial charge in [0.2, 0.25) is 11.0 Å². The molecule has 2 aromatic heterocycles. The van der Waals surface area contributed by atoms with E-state index in [0.717, 1.165) is 12.8 Å². The lowest BCUT2D eigenvalue weighted by molar-refractivity contribution is -0.409. The molecule has 2 heterocycles. The van der Waals surface area contributed by atoms with E-state index in [4.69, 9.17) is 54.0 Å². The zero-order valence-corrected chi connectivity index (χ0v) is 30.7. The lowest BCUT2D eigenvalue weighted by Gasteiger charge is -2.16. The minimum atomic E-state index is -0.695. The fourth-order valence-corrected chi connectivity index (χ4v) is 3.26. The Morgan fingerprint density at radius 2 is 1.23 bits per heavy atom. The van der Waals surface area contributed by atoms with Crippen LogP contribution in [-0.2, 0) is 38.2 Å². The molecule has 0 radical (unpaired) electrons. The SMILES string of the molecule is CCC[C@H](Nc1nc(Cl)ccc1[N+](=O)[O-])C(=O)OC.CCC[C@H]([NH3+])C(=O)OC.O=C=O.O=C=O.O=[N+]([O-])c1ccc(Cl)nc1Cl.S.S.[Cl-]. The molecule has 0 aliphatic heterocycles. The number of ether oxygens (including phenoxy) is 2. The van der Waals surface area contributed by atoms with Crippen LogP contribution in [0, 0.1) is 20.2 Å². The summed E-state index contributed by atoms with van der Waals surface area (Å²) in [5.41, 5.74) is 3.14. The number of nitro groups is 2. The van der Waals surface area contributed by atoms with Gasteiger partial charge in [-0.25, -0.2) is 19.6 Å². The summed E-state index contributed by atoms with van der Waals surface area (Å²) >= 11 is 16.5. The maximum absolute atomic E-state index is 11.6. The maximum atomic E-state index is 11.6. The Labute approximate surface area is 309 Å². The molecular weight excluding hydrogens is 770 g/mol. The van der Waals surface area contributed by atoms with E-state index >= 15 is 0 Å². The van der Waals surface area contributed by atoms with Gasteiger partial charge in [0, 0.05) is 18.6 Å². The van der Waals surface area contributed by atoms with Crippen LogP contribution in [0.2, 0.25) is 15.5 Å². The molecule has 0 aliphatic carbocycles. The highest BCUT2D eigenvalue weighted by Gasteiger charge is 2.24. The molecule has 48 heavy (non-hydrogen) atoms. The van der Waals surface area contributed by atoms with E-state index in [1.807, 2.05) is 13.8 Å². The van der Waals surface area contributed by atoms with Gasteiger partial charge in [-0.1, -0.05) is 55.1 Å². The number of anilines is 1. The van der Waals surface area contributed by atoms with Gasteiger partial charge in [-0.2, -0.15) is 46.2 Å². The number of carbonyl (C=O) groups is 2. The molecule has 0 amide bonds. The molecular formula is C24H34Cl4N6O12S2. The Hall–Kier alpha value is -3.58. The molecule has 2 atom stereocenters. The van der Waals surface area contributed by atoms with Gasteiger partial charge in [-0.3, -0.25) is 20.2 Å². The third-order valence-electron chi connectivity index (χ3n) is 4.57. The average molecular weight is 805 g/mol. The molecule has 0 aliphatic rings. The summed E-state index contributed by atoms with van der Waals surface area (Å²) in [6.45, 7) is 3.90. The van der Waals surface area contributed by atoms with Crippen molar-refractivity contribution in [1.82, 2.24) is 9.97 Å². The number of nitrogens with one attached hydrogen (secondary N) is 1. The molecule has 2 rings (SSSR count). The second kappa shape index (κ2) is 34.7. The van der Waals surface area contributed by atoms with Gasteiger partial charge >= 0.3 is 35.6 Å².